The van der Waals surface area contributed by atoms with Gasteiger partial charge in [-0.05, 0) is 11.1 Å². The van der Waals surface area contributed by atoms with Gasteiger partial charge >= 0.3 is 0 Å². The van der Waals surface area contributed by atoms with Crippen molar-refractivity contribution < 1.29 is 9.59 Å². The monoisotopic (exact) mass is 324 g/mol. The Hall–Kier alpha value is -3.15. The standard InChI is InChI=1S/C18H20N4O2/c1-12(23)22-16(14-5-3-2-4-6-14)18(24)21-11-13-7-9-15(10-8-13)17(19)20/h2-10,16H,11H2,1H3,(H3,19,20)(H,21,24)(H,22,23)/t16-/m0/s1. The summed E-state index contributed by atoms with van der Waals surface area (Å²) in [5.41, 5.74) is 7.64. The van der Waals surface area contributed by atoms with Gasteiger partial charge in [-0.15, -0.1) is 0 Å². The smallest absolute Gasteiger partial charge is 0.247 e. The van der Waals surface area contributed by atoms with Crippen LogP contribution in [0.2, 0.25) is 0 Å². The van der Waals surface area contributed by atoms with Crippen LogP contribution in [0, 0.1) is 5.41 Å². The van der Waals surface area contributed by atoms with Crippen molar-refractivity contribution in [1.82, 2.24) is 10.6 Å². The molecule has 24 heavy (non-hydrogen) atoms. The normalized spacial score (nSPS) is 11.4. The van der Waals surface area contributed by atoms with Gasteiger partial charge in [0.15, 0.2) is 0 Å². The fourth-order valence-corrected chi connectivity index (χ4v) is 2.24. The lowest BCUT2D eigenvalue weighted by Gasteiger charge is -2.18. The van der Waals surface area contributed by atoms with Crippen LogP contribution in [0.1, 0.15) is 29.7 Å². The number of hydrogen-bond donors (Lipinski definition) is 4. The summed E-state index contributed by atoms with van der Waals surface area (Å²) in [5.74, 6) is -0.558. The zero-order chi connectivity index (χ0) is 17.5. The second-order valence-corrected chi connectivity index (χ2v) is 5.37. The Balaban J connectivity index is 2.05. The number of amidine groups is 1. The van der Waals surface area contributed by atoms with Gasteiger partial charge in [0.2, 0.25) is 11.8 Å². The van der Waals surface area contributed by atoms with Crippen LogP contribution >= 0.6 is 0 Å². The van der Waals surface area contributed by atoms with Crippen molar-refractivity contribution in [2.24, 2.45) is 5.73 Å². The van der Waals surface area contributed by atoms with Gasteiger partial charge in [-0.25, -0.2) is 0 Å². The van der Waals surface area contributed by atoms with E-state index in [9.17, 15) is 9.59 Å². The molecular weight excluding hydrogens is 304 g/mol. The van der Waals surface area contributed by atoms with Gasteiger partial charge in [-0.1, -0.05) is 54.6 Å². The van der Waals surface area contributed by atoms with Gasteiger partial charge in [0, 0.05) is 19.0 Å². The number of amides is 2. The van der Waals surface area contributed by atoms with Crippen LogP contribution < -0.4 is 16.4 Å². The van der Waals surface area contributed by atoms with Crippen LogP contribution in [0.3, 0.4) is 0 Å². The van der Waals surface area contributed by atoms with Gasteiger partial charge in [-0.3, -0.25) is 15.0 Å². The topological polar surface area (TPSA) is 108 Å². The molecule has 0 saturated heterocycles. The van der Waals surface area contributed by atoms with Crippen molar-refractivity contribution in [3.8, 4) is 0 Å². The van der Waals surface area contributed by atoms with Crippen molar-refractivity contribution >= 4 is 17.6 Å². The van der Waals surface area contributed by atoms with E-state index in [2.05, 4.69) is 10.6 Å². The first-order valence-corrected chi connectivity index (χ1v) is 7.50. The molecule has 6 heteroatoms. The fourth-order valence-electron chi connectivity index (χ4n) is 2.24. The SMILES string of the molecule is CC(=O)N[C@H](C(=O)NCc1ccc(C(=N)N)cc1)c1ccccc1. The number of carbonyl (C=O) groups excluding carboxylic acids is 2. The molecule has 0 unspecified atom stereocenters. The van der Waals surface area contributed by atoms with Crippen LogP contribution in [0.25, 0.3) is 0 Å². The maximum atomic E-state index is 12.4. The summed E-state index contributed by atoms with van der Waals surface area (Å²) >= 11 is 0. The molecule has 0 aliphatic rings. The van der Waals surface area contributed by atoms with E-state index in [1.54, 1.807) is 36.4 Å². The van der Waals surface area contributed by atoms with E-state index in [4.69, 9.17) is 11.1 Å². The molecule has 0 bridgehead atoms. The van der Waals surface area contributed by atoms with Gasteiger partial charge in [0.1, 0.15) is 11.9 Å². The summed E-state index contributed by atoms with van der Waals surface area (Å²) in [5, 5.41) is 12.8. The Labute approximate surface area is 140 Å². The third-order valence-electron chi connectivity index (χ3n) is 3.47. The van der Waals surface area contributed by atoms with Crippen molar-refractivity contribution in [3.05, 3.63) is 71.3 Å². The lowest BCUT2D eigenvalue weighted by atomic mass is 10.1. The van der Waals surface area contributed by atoms with Crippen molar-refractivity contribution in [1.29, 1.82) is 5.41 Å². The van der Waals surface area contributed by atoms with Gasteiger partial charge in [0.05, 0.1) is 0 Å². The van der Waals surface area contributed by atoms with Crippen LogP contribution in [-0.2, 0) is 16.1 Å². The Bertz CT molecular complexity index is 726. The number of rotatable bonds is 6. The van der Waals surface area contributed by atoms with E-state index in [-0.39, 0.29) is 17.6 Å². The summed E-state index contributed by atoms with van der Waals surface area (Å²) in [6.45, 7) is 1.70. The van der Waals surface area contributed by atoms with Crippen molar-refractivity contribution in [3.63, 3.8) is 0 Å². The summed E-state index contributed by atoms with van der Waals surface area (Å²) in [6.07, 6.45) is 0. The highest BCUT2D eigenvalue weighted by Crippen LogP contribution is 2.13. The lowest BCUT2D eigenvalue weighted by Crippen LogP contribution is -2.39. The van der Waals surface area contributed by atoms with Crippen LogP contribution in [0.15, 0.2) is 54.6 Å². The number of hydrogen-bond acceptors (Lipinski definition) is 3. The molecule has 0 aromatic heterocycles. The molecule has 124 valence electrons. The molecule has 2 rings (SSSR count). The third-order valence-corrected chi connectivity index (χ3v) is 3.47. The molecule has 0 saturated carbocycles. The van der Waals surface area contributed by atoms with Gasteiger partial charge in [-0.2, -0.15) is 0 Å². The minimum Gasteiger partial charge on any atom is -0.384 e. The first kappa shape index (κ1) is 17.2. The summed E-state index contributed by atoms with van der Waals surface area (Å²) in [6, 6.07) is 15.4. The molecule has 1 atom stereocenters. The minimum atomic E-state index is -0.736. The molecule has 0 heterocycles. The third kappa shape index (κ3) is 4.67. The molecule has 2 amide bonds. The summed E-state index contributed by atoms with van der Waals surface area (Å²) in [4.78, 5) is 23.8. The zero-order valence-electron chi connectivity index (χ0n) is 13.4. The molecule has 5 N–H and O–H groups in total. The molecule has 0 fully saturated rings. The fraction of sp³-hybridized carbons (Fsp3) is 0.167. The minimum absolute atomic E-state index is 0.000357. The van der Waals surface area contributed by atoms with E-state index in [0.717, 1.165) is 11.1 Å². The Morgan fingerprint density at radius 1 is 1.08 bits per heavy atom. The predicted octanol–water partition coefficient (Wildman–Crippen LogP) is 1.46. The van der Waals surface area contributed by atoms with E-state index in [1.807, 2.05) is 18.2 Å². The Kier molecular flexibility index (Phi) is 5.68. The molecule has 2 aromatic carbocycles. The van der Waals surface area contributed by atoms with E-state index < -0.39 is 6.04 Å². The maximum Gasteiger partial charge on any atom is 0.247 e. The highest BCUT2D eigenvalue weighted by atomic mass is 16.2. The largest absolute Gasteiger partial charge is 0.384 e. The molecule has 6 nitrogen and oxygen atoms in total. The summed E-state index contributed by atoms with van der Waals surface area (Å²) in [7, 11) is 0. The zero-order valence-corrected chi connectivity index (χ0v) is 13.4. The molecule has 0 spiro atoms. The molecule has 0 aliphatic carbocycles. The van der Waals surface area contributed by atoms with Crippen LogP contribution in [-0.4, -0.2) is 17.6 Å². The Morgan fingerprint density at radius 2 is 1.71 bits per heavy atom. The first-order chi connectivity index (χ1) is 11.5. The second-order valence-electron chi connectivity index (χ2n) is 5.37. The lowest BCUT2D eigenvalue weighted by molar-refractivity contribution is -0.128. The van der Waals surface area contributed by atoms with E-state index >= 15 is 0 Å². The van der Waals surface area contributed by atoms with E-state index in [1.165, 1.54) is 6.92 Å². The van der Waals surface area contributed by atoms with E-state index in [0.29, 0.717) is 12.1 Å². The quantitative estimate of drug-likeness (QED) is 0.477. The molecule has 0 aliphatic heterocycles. The van der Waals surface area contributed by atoms with Crippen molar-refractivity contribution in [2.45, 2.75) is 19.5 Å². The number of benzene rings is 2. The number of carbonyl (C=O) groups is 2. The van der Waals surface area contributed by atoms with Crippen LogP contribution in [0.4, 0.5) is 0 Å². The molecule has 0 radical (unpaired) electrons. The second kappa shape index (κ2) is 7.92. The van der Waals surface area contributed by atoms with Gasteiger partial charge < -0.3 is 16.4 Å². The predicted molar refractivity (Wildman–Crippen MR) is 92.3 cm³/mol. The average Bonchev–Trinajstić information content (AvgIpc) is 2.58. The first-order valence-electron chi connectivity index (χ1n) is 7.50. The van der Waals surface area contributed by atoms with Crippen LogP contribution in [0.5, 0.6) is 0 Å². The van der Waals surface area contributed by atoms with Crippen molar-refractivity contribution in [2.75, 3.05) is 0 Å². The highest BCUT2D eigenvalue weighted by Gasteiger charge is 2.20. The highest BCUT2D eigenvalue weighted by molar-refractivity contribution is 5.94. The number of nitrogen functional groups attached to an aromatic ring is 1. The number of nitrogens with one attached hydrogen (secondary N) is 3. The maximum absolute atomic E-state index is 12.4. The molecular formula is C18H20N4O2. The summed E-state index contributed by atoms with van der Waals surface area (Å²) < 4.78 is 0. The average molecular weight is 324 g/mol. The van der Waals surface area contributed by atoms with Gasteiger partial charge in [0.25, 0.3) is 0 Å². The number of nitrogens with two attached hydrogens (primary N) is 1. The Morgan fingerprint density at radius 3 is 2.25 bits per heavy atom. The molecule has 2 aromatic rings.